The van der Waals surface area contributed by atoms with Crippen molar-refractivity contribution in [1.29, 1.82) is 0 Å². The second-order valence-electron chi connectivity index (χ2n) is 12.0. The molecule has 9 nitrogen and oxygen atoms in total. The van der Waals surface area contributed by atoms with Gasteiger partial charge in [0.1, 0.15) is 15.5 Å². The lowest BCUT2D eigenvalue weighted by atomic mass is 9.73. The van der Waals surface area contributed by atoms with Crippen LogP contribution in [0.5, 0.6) is 0 Å². The zero-order chi connectivity index (χ0) is 33.0. The lowest BCUT2D eigenvalue weighted by Gasteiger charge is -2.39. The maximum absolute atomic E-state index is 13.9. The van der Waals surface area contributed by atoms with Crippen molar-refractivity contribution in [2.45, 2.75) is 57.9 Å². The van der Waals surface area contributed by atoms with Gasteiger partial charge < -0.3 is 9.57 Å². The van der Waals surface area contributed by atoms with Gasteiger partial charge in [0.2, 0.25) is 5.78 Å². The fourth-order valence-electron chi connectivity index (χ4n) is 6.35. The SMILES string of the molecule is C=C/C=C/C(=O)O/N=C(\CCS(C)(=O)=O)C(=O)c1ccc2c(c1)-c1cc(C(=O)C(C)(C)N3CCOCC3)ccc1C2(CC)CC. The molecule has 0 bridgehead atoms. The molecular formula is C35H42N2O7S. The number of carbonyl (C=O) groups is 3. The van der Waals surface area contributed by atoms with Crippen molar-refractivity contribution >= 4 is 33.1 Å². The van der Waals surface area contributed by atoms with Crippen molar-refractivity contribution in [3.63, 3.8) is 0 Å². The molecule has 10 heteroatoms. The van der Waals surface area contributed by atoms with Crippen LogP contribution >= 0.6 is 0 Å². The molecule has 2 aromatic carbocycles. The number of ketones is 2. The quantitative estimate of drug-likeness (QED) is 0.0725. The Bertz CT molecular complexity index is 1660. The second kappa shape index (κ2) is 13.7. The first-order chi connectivity index (χ1) is 21.3. The third kappa shape index (κ3) is 7.08. The Hall–Kier alpha value is -3.73. The number of allylic oxidation sites excluding steroid dienone is 2. The fourth-order valence-corrected chi connectivity index (χ4v) is 6.92. The molecule has 0 atom stereocenters. The zero-order valence-corrected chi connectivity index (χ0v) is 27.5. The summed E-state index contributed by atoms with van der Waals surface area (Å²) in [6.07, 6.45) is 6.31. The topological polar surface area (TPSA) is 119 Å². The predicted molar refractivity (Wildman–Crippen MR) is 176 cm³/mol. The van der Waals surface area contributed by atoms with E-state index >= 15 is 0 Å². The standard InChI is InChI=1S/C35H42N2O7S/c1-7-10-11-31(38)44-36-30(16-21-45(6,41)42)32(39)24-12-14-28-26(22-24)27-23-25(13-15-29(27)35(28,8-2)9-3)33(40)34(4,5)37-17-19-43-20-18-37/h7,10-15,22-23H,1,8-9,16-21H2,2-6H3/b11-10+,36-30+. The molecule has 45 heavy (non-hydrogen) atoms. The van der Waals surface area contributed by atoms with Gasteiger partial charge in [0, 0.05) is 48.4 Å². The minimum atomic E-state index is -3.44. The monoisotopic (exact) mass is 634 g/mol. The van der Waals surface area contributed by atoms with Crippen LogP contribution in [0.1, 0.15) is 78.8 Å². The summed E-state index contributed by atoms with van der Waals surface area (Å²) < 4.78 is 29.4. The average molecular weight is 635 g/mol. The smallest absolute Gasteiger partial charge is 0.358 e. The number of benzene rings is 2. The van der Waals surface area contributed by atoms with Gasteiger partial charge in [-0.15, -0.1) is 0 Å². The maximum atomic E-state index is 13.9. The fraction of sp³-hybridized carbons (Fsp3) is 0.429. The first-order valence-electron chi connectivity index (χ1n) is 15.3. The minimum Gasteiger partial charge on any atom is -0.379 e. The predicted octanol–water partition coefficient (Wildman–Crippen LogP) is 5.33. The van der Waals surface area contributed by atoms with Crippen molar-refractivity contribution in [1.82, 2.24) is 4.90 Å². The van der Waals surface area contributed by atoms with E-state index in [1.807, 2.05) is 38.1 Å². The number of carbonyl (C=O) groups excluding carboxylic acids is 3. The molecular weight excluding hydrogens is 592 g/mol. The number of morpholine rings is 1. The summed E-state index contributed by atoms with van der Waals surface area (Å²) in [4.78, 5) is 46.8. The summed E-state index contributed by atoms with van der Waals surface area (Å²) in [7, 11) is -3.44. The summed E-state index contributed by atoms with van der Waals surface area (Å²) >= 11 is 0. The summed E-state index contributed by atoms with van der Waals surface area (Å²) in [5.74, 6) is -1.70. The third-order valence-electron chi connectivity index (χ3n) is 9.04. The Morgan fingerprint density at radius 3 is 2.16 bits per heavy atom. The van der Waals surface area contributed by atoms with E-state index in [0.29, 0.717) is 31.9 Å². The molecule has 0 amide bonds. The van der Waals surface area contributed by atoms with Crippen LogP contribution in [0.15, 0.2) is 66.4 Å². The van der Waals surface area contributed by atoms with E-state index in [9.17, 15) is 22.8 Å². The van der Waals surface area contributed by atoms with Gasteiger partial charge in [-0.05, 0) is 61.1 Å². The molecule has 0 aromatic heterocycles. The highest BCUT2D eigenvalue weighted by Gasteiger charge is 2.42. The second-order valence-corrected chi connectivity index (χ2v) is 14.3. The molecule has 0 spiro atoms. The number of hydrogen-bond acceptors (Lipinski definition) is 9. The molecule has 0 unspecified atom stereocenters. The van der Waals surface area contributed by atoms with Gasteiger partial charge >= 0.3 is 5.97 Å². The van der Waals surface area contributed by atoms with Crippen LogP contribution in [0.3, 0.4) is 0 Å². The molecule has 1 aliphatic heterocycles. The molecule has 0 saturated carbocycles. The molecule has 2 aromatic rings. The van der Waals surface area contributed by atoms with Gasteiger partial charge in [-0.2, -0.15) is 0 Å². The molecule has 1 saturated heterocycles. The first-order valence-corrected chi connectivity index (χ1v) is 17.3. The zero-order valence-electron chi connectivity index (χ0n) is 26.7. The minimum absolute atomic E-state index is 0.00833. The molecule has 240 valence electrons. The molecule has 2 aliphatic rings. The highest BCUT2D eigenvalue weighted by molar-refractivity contribution is 7.90. The van der Waals surface area contributed by atoms with Crippen LogP contribution in [-0.4, -0.2) is 80.4 Å². The van der Waals surface area contributed by atoms with E-state index in [-0.39, 0.29) is 34.6 Å². The normalized spacial score (nSPS) is 16.7. The van der Waals surface area contributed by atoms with E-state index in [2.05, 4.69) is 30.5 Å². The highest BCUT2D eigenvalue weighted by Crippen LogP contribution is 2.53. The molecule has 0 N–H and O–H groups in total. The van der Waals surface area contributed by atoms with Crippen molar-refractivity contribution in [3.8, 4) is 11.1 Å². The molecule has 4 rings (SSSR count). The molecule has 1 aliphatic carbocycles. The van der Waals surface area contributed by atoms with E-state index < -0.39 is 27.1 Å². The summed E-state index contributed by atoms with van der Waals surface area (Å²) in [5.41, 5.74) is 3.54. The molecule has 1 fully saturated rings. The van der Waals surface area contributed by atoms with Gasteiger partial charge in [-0.25, -0.2) is 13.2 Å². The lowest BCUT2D eigenvalue weighted by molar-refractivity contribution is -0.137. The summed E-state index contributed by atoms with van der Waals surface area (Å²) in [6.45, 7) is 14.2. The van der Waals surface area contributed by atoms with E-state index in [1.165, 1.54) is 12.2 Å². The van der Waals surface area contributed by atoms with Crippen molar-refractivity contribution in [3.05, 3.63) is 83.5 Å². The van der Waals surface area contributed by atoms with Crippen molar-refractivity contribution in [2.24, 2.45) is 5.16 Å². The van der Waals surface area contributed by atoms with E-state index in [4.69, 9.17) is 9.57 Å². The van der Waals surface area contributed by atoms with Crippen LogP contribution < -0.4 is 0 Å². The number of fused-ring (bicyclic) bond motifs is 3. The average Bonchev–Trinajstić information content (AvgIpc) is 3.31. The number of ether oxygens (including phenoxy) is 1. The van der Waals surface area contributed by atoms with Gasteiger partial charge in [-0.3, -0.25) is 14.5 Å². The van der Waals surface area contributed by atoms with E-state index in [0.717, 1.165) is 47.4 Å². The Kier molecular flexibility index (Phi) is 10.4. The highest BCUT2D eigenvalue weighted by atomic mass is 32.2. The lowest BCUT2D eigenvalue weighted by Crippen LogP contribution is -2.54. The van der Waals surface area contributed by atoms with E-state index in [1.54, 1.807) is 12.1 Å². The number of oxime groups is 1. The van der Waals surface area contributed by atoms with Crippen molar-refractivity contribution < 1.29 is 32.4 Å². The number of sulfone groups is 1. The van der Waals surface area contributed by atoms with Gasteiger partial charge in [-0.1, -0.05) is 62.0 Å². The van der Waals surface area contributed by atoms with Crippen LogP contribution in [-0.2, 0) is 29.6 Å². The Labute approximate surface area is 265 Å². The number of Topliss-reactive ketones (excluding diaryl/α,β-unsaturated/α-hetero) is 2. The van der Waals surface area contributed by atoms with Crippen molar-refractivity contribution in [2.75, 3.05) is 38.3 Å². The maximum Gasteiger partial charge on any atom is 0.358 e. The van der Waals surface area contributed by atoms with Crippen LogP contribution in [0.25, 0.3) is 11.1 Å². The summed E-state index contributed by atoms with van der Waals surface area (Å²) in [6, 6.07) is 11.3. The number of nitrogens with zero attached hydrogens (tertiary/aromatic N) is 2. The van der Waals surface area contributed by atoms with Gasteiger partial charge in [0.15, 0.2) is 5.78 Å². The third-order valence-corrected chi connectivity index (χ3v) is 9.98. The first kappa shape index (κ1) is 34.1. The molecule has 1 heterocycles. The van der Waals surface area contributed by atoms with Gasteiger partial charge in [0.05, 0.1) is 24.5 Å². The Balaban J connectivity index is 1.77. The van der Waals surface area contributed by atoms with Crippen LogP contribution in [0.2, 0.25) is 0 Å². The van der Waals surface area contributed by atoms with Gasteiger partial charge in [0.25, 0.3) is 0 Å². The Morgan fingerprint density at radius 1 is 1.02 bits per heavy atom. The Morgan fingerprint density at radius 2 is 1.60 bits per heavy atom. The van der Waals surface area contributed by atoms with Crippen LogP contribution in [0, 0.1) is 0 Å². The number of rotatable bonds is 13. The van der Waals surface area contributed by atoms with Crippen LogP contribution in [0.4, 0.5) is 0 Å². The molecule has 0 radical (unpaired) electrons. The number of hydrogen-bond donors (Lipinski definition) is 0. The largest absolute Gasteiger partial charge is 0.379 e. The summed E-state index contributed by atoms with van der Waals surface area (Å²) in [5, 5.41) is 3.77.